The van der Waals surface area contributed by atoms with E-state index in [0.29, 0.717) is 0 Å². The van der Waals surface area contributed by atoms with Crippen LogP contribution in [0.5, 0.6) is 0 Å². The van der Waals surface area contributed by atoms with E-state index in [2.05, 4.69) is 19.2 Å². The van der Waals surface area contributed by atoms with Gasteiger partial charge in [-0.15, -0.1) is 0 Å². The summed E-state index contributed by atoms with van der Waals surface area (Å²) in [5, 5.41) is 4.21. The fourth-order valence-electron chi connectivity index (χ4n) is 2.09. The molecule has 1 unspecified atom stereocenters. The van der Waals surface area contributed by atoms with Crippen LogP contribution < -0.4 is 5.32 Å². The molecule has 19 heavy (non-hydrogen) atoms. The van der Waals surface area contributed by atoms with Gasteiger partial charge in [0.05, 0.1) is 0 Å². The van der Waals surface area contributed by atoms with Gasteiger partial charge in [0.2, 0.25) is 0 Å². The summed E-state index contributed by atoms with van der Waals surface area (Å²) in [6.45, 7) is 4.15. The largest absolute Gasteiger partial charge is 0.304 e. The highest BCUT2D eigenvalue weighted by Crippen LogP contribution is 2.21. The lowest BCUT2D eigenvalue weighted by Crippen LogP contribution is -2.22. The Hall–Kier alpha value is -1.38. The van der Waals surface area contributed by atoms with Crippen molar-refractivity contribution in [2.24, 2.45) is 0 Å². The second-order valence-electron chi connectivity index (χ2n) is 4.72. The predicted molar refractivity (Wildman–Crippen MR) is 77.8 cm³/mol. The molecular formula is C16H17ClFN. The van der Waals surface area contributed by atoms with Crippen molar-refractivity contribution < 1.29 is 4.39 Å². The van der Waals surface area contributed by atoms with Crippen LogP contribution in [0.2, 0.25) is 5.02 Å². The van der Waals surface area contributed by atoms with Crippen LogP contribution in [-0.4, -0.2) is 0 Å². The molecule has 0 heterocycles. The Balaban J connectivity index is 2.06. The van der Waals surface area contributed by atoms with Gasteiger partial charge in [0.25, 0.3) is 0 Å². The number of benzene rings is 2. The quantitative estimate of drug-likeness (QED) is 0.839. The molecule has 2 rings (SSSR count). The Bertz CT molecular complexity index is 539. The number of hydrogen-bond donors (Lipinski definition) is 1. The van der Waals surface area contributed by atoms with E-state index in [-0.39, 0.29) is 17.9 Å². The highest BCUT2D eigenvalue weighted by atomic mass is 35.5. The maximum absolute atomic E-state index is 12.9. The molecule has 0 saturated carbocycles. The van der Waals surface area contributed by atoms with E-state index in [4.69, 9.17) is 11.6 Å². The van der Waals surface area contributed by atoms with E-state index < -0.39 is 0 Å². The van der Waals surface area contributed by atoms with Crippen LogP contribution in [0, 0.1) is 5.82 Å². The third-order valence-electron chi connectivity index (χ3n) is 3.22. The Kier molecular flexibility index (Phi) is 4.56. The molecule has 0 aliphatic heterocycles. The standard InChI is InChI=1S/C16H17ClFN/c1-11(13-6-8-16(18)9-7-13)19-12(2)14-4-3-5-15(17)10-14/h3-12,19H,1-2H3/t11?,12-/m1/s1. The summed E-state index contributed by atoms with van der Waals surface area (Å²) in [5.74, 6) is -0.209. The highest BCUT2D eigenvalue weighted by Gasteiger charge is 2.11. The Morgan fingerprint density at radius 2 is 1.58 bits per heavy atom. The maximum atomic E-state index is 12.9. The minimum absolute atomic E-state index is 0.148. The molecule has 2 atom stereocenters. The Morgan fingerprint density at radius 1 is 0.947 bits per heavy atom. The minimum atomic E-state index is -0.209. The van der Waals surface area contributed by atoms with E-state index in [9.17, 15) is 4.39 Å². The zero-order valence-electron chi connectivity index (χ0n) is 11.0. The Morgan fingerprint density at radius 3 is 2.21 bits per heavy atom. The lowest BCUT2D eigenvalue weighted by Gasteiger charge is -2.21. The average Bonchev–Trinajstić information content (AvgIpc) is 2.39. The predicted octanol–water partition coefficient (Wildman–Crippen LogP) is 4.89. The lowest BCUT2D eigenvalue weighted by atomic mass is 10.0. The number of rotatable bonds is 4. The van der Waals surface area contributed by atoms with Gasteiger partial charge in [-0.05, 0) is 49.2 Å². The second-order valence-corrected chi connectivity index (χ2v) is 5.15. The number of halogens is 2. The fraction of sp³-hybridized carbons (Fsp3) is 0.250. The first-order valence-corrected chi connectivity index (χ1v) is 6.71. The SMILES string of the molecule is CC(N[C@H](C)c1cccc(Cl)c1)c1ccc(F)cc1. The van der Waals surface area contributed by atoms with Crippen molar-refractivity contribution in [3.05, 3.63) is 70.5 Å². The minimum Gasteiger partial charge on any atom is -0.304 e. The maximum Gasteiger partial charge on any atom is 0.123 e. The molecule has 0 amide bonds. The molecule has 0 radical (unpaired) electrons. The summed E-state index contributed by atoms with van der Waals surface area (Å²) in [5.41, 5.74) is 2.21. The summed E-state index contributed by atoms with van der Waals surface area (Å²) in [7, 11) is 0. The normalized spacial score (nSPS) is 14.1. The molecule has 1 nitrogen and oxygen atoms in total. The first-order valence-electron chi connectivity index (χ1n) is 6.33. The van der Waals surface area contributed by atoms with E-state index in [0.717, 1.165) is 16.1 Å². The van der Waals surface area contributed by atoms with Gasteiger partial charge in [0.1, 0.15) is 5.82 Å². The van der Waals surface area contributed by atoms with Crippen LogP contribution in [0.3, 0.4) is 0 Å². The molecule has 1 N–H and O–H groups in total. The zero-order chi connectivity index (χ0) is 13.8. The van der Waals surface area contributed by atoms with Gasteiger partial charge in [-0.3, -0.25) is 0 Å². The molecule has 3 heteroatoms. The van der Waals surface area contributed by atoms with Crippen molar-refractivity contribution in [3.8, 4) is 0 Å². The summed E-state index contributed by atoms with van der Waals surface area (Å²) in [6.07, 6.45) is 0. The first kappa shape index (κ1) is 14.0. The molecule has 0 aliphatic rings. The molecule has 0 aromatic heterocycles. The van der Waals surface area contributed by atoms with E-state index in [1.807, 2.05) is 24.3 Å². The topological polar surface area (TPSA) is 12.0 Å². The van der Waals surface area contributed by atoms with Crippen molar-refractivity contribution in [3.63, 3.8) is 0 Å². The first-order chi connectivity index (χ1) is 9.06. The summed E-state index contributed by atoms with van der Waals surface area (Å²) in [6, 6.07) is 14.7. The smallest absolute Gasteiger partial charge is 0.123 e. The van der Waals surface area contributed by atoms with Crippen LogP contribution in [0.4, 0.5) is 4.39 Å². The van der Waals surface area contributed by atoms with Gasteiger partial charge in [-0.2, -0.15) is 0 Å². The van der Waals surface area contributed by atoms with Crippen LogP contribution in [0.15, 0.2) is 48.5 Å². The molecule has 0 bridgehead atoms. The zero-order valence-corrected chi connectivity index (χ0v) is 11.8. The van der Waals surface area contributed by atoms with Crippen LogP contribution in [0.25, 0.3) is 0 Å². The van der Waals surface area contributed by atoms with Gasteiger partial charge < -0.3 is 5.32 Å². The van der Waals surface area contributed by atoms with Gasteiger partial charge in [-0.25, -0.2) is 4.39 Å². The molecule has 2 aromatic carbocycles. The average molecular weight is 278 g/mol. The molecular weight excluding hydrogens is 261 g/mol. The van der Waals surface area contributed by atoms with Crippen LogP contribution in [-0.2, 0) is 0 Å². The van der Waals surface area contributed by atoms with E-state index in [1.165, 1.54) is 12.1 Å². The second kappa shape index (κ2) is 6.18. The van der Waals surface area contributed by atoms with Crippen LogP contribution in [0.1, 0.15) is 37.1 Å². The third-order valence-corrected chi connectivity index (χ3v) is 3.45. The van der Waals surface area contributed by atoms with Crippen molar-refractivity contribution in [2.75, 3.05) is 0 Å². The van der Waals surface area contributed by atoms with Crippen molar-refractivity contribution >= 4 is 11.6 Å². The van der Waals surface area contributed by atoms with E-state index >= 15 is 0 Å². The molecule has 2 aromatic rings. The van der Waals surface area contributed by atoms with Crippen molar-refractivity contribution in [1.82, 2.24) is 5.32 Å². The number of nitrogens with one attached hydrogen (secondary N) is 1. The van der Waals surface area contributed by atoms with Gasteiger partial charge in [0.15, 0.2) is 0 Å². The molecule has 100 valence electrons. The third kappa shape index (κ3) is 3.79. The lowest BCUT2D eigenvalue weighted by molar-refractivity contribution is 0.494. The van der Waals surface area contributed by atoms with Crippen molar-refractivity contribution in [2.45, 2.75) is 25.9 Å². The number of hydrogen-bond acceptors (Lipinski definition) is 1. The molecule has 0 aliphatic carbocycles. The van der Waals surface area contributed by atoms with Gasteiger partial charge >= 0.3 is 0 Å². The molecule has 0 fully saturated rings. The summed E-state index contributed by atoms with van der Waals surface area (Å²) < 4.78 is 12.9. The van der Waals surface area contributed by atoms with Crippen LogP contribution >= 0.6 is 11.6 Å². The van der Waals surface area contributed by atoms with Crippen molar-refractivity contribution in [1.29, 1.82) is 0 Å². The Labute approximate surface area is 118 Å². The molecule has 0 spiro atoms. The van der Waals surface area contributed by atoms with Gasteiger partial charge in [-0.1, -0.05) is 35.9 Å². The summed E-state index contributed by atoms with van der Waals surface area (Å²) >= 11 is 5.99. The molecule has 0 saturated heterocycles. The highest BCUT2D eigenvalue weighted by molar-refractivity contribution is 6.30. The fourth-order valence-corrected chi connectivity index (χ4v) is 2.29. The van der Waals surface area contributed by atoms with E-state index in [1.54, 1.807) is 12.1 Å². The summed E-state index contributed by atoms with van der Waals surface area (Å²) in [4.78, 5) is 0. The monoisotopic (exact) mass is 277 g/mol. The van der Waals surface area contributed by atoms with Gasteiger partial charge in [0, 0.05) is 17.1 Å².